The lowest BCUT2D eigenvalue weighted by Crippen LogP contribution is -1.97. The monoisotopic (exact) mass is 364 g/mol. The van der Waals surface area contributed by atoms with E-state index in [1.165, 1.54) is 5.41 Å². The van der Waals surface area contributed by atoms with Gasteiger partial charge in [-0.1, -0.05) is 31.0 Å². The maximum absolute atomic E-state index is 12.0. The molecule has 1 aromatic carbocycles. The molecule has 0 aliphatic rings. The predicted molar refractivity (Wildman–Crippen MR) is 80.0 cm³/mol. The molecule has 2 nitrogen and oxygen atoms in total. The fraction of sp³-hybridized carbons (Fsp3) is 0.385. The summed E-state index contributed by atoms with van der Waals surface area (Å²) in [6.07, 6.45) is 2.94. The minimum absolute atomic E-state index is 0.369. The Hall–Kier alpha value is -0.360. The molecule has 0 spiro atoms. The zero-order valence-electron chi connectivity index (χ0n) is 10.1. The van der Waals surface area contributed by atoms with Crippen molar-refractivity contribution in [2.45, 2.75) is 38.0 Å². The molecule has 0 fully saturated rings. The van der Waals surface area contributed by atoms with Crippen molar-refractivity contribution in [2.24, 2.45) is 0 Å². The number of hydrogen-bond donors (Lipinski definition) is 0. The maximum Gasteiger partial charge on any atom is 0.200 e. The molecule has 1 rings (SSSR count). The SMILES string of the molecule is CCCC/C(I)=C\S(=O)(=O)c1ccc(C)cc1. The van der Waals surface area contributed by atoms with Gasteiger partial charge in [0.25, 0.3) is 0 Å². The van der Waals surface area contributed by atoms with Crippen molar-refractivity contribution in [3.8, 4) is 0 Å². The van der Waals surface area contributed by atoms with E-state index in [0.717, 1.165) is 28.4 Å². The van der Waals surface area contributed by atoms with Crippen LogP contribution in [0.5, 0.6) is 0 Å². The zero-order chi connectivity index (χ0) is 12.9. The number of unbranched alkanes of at least 4 members (excludes halogenated alkanes) is 1. The van der Waals surface area contributed by atoms with Crippen LogP contribution in [-0.4, -0.2) is 8.42 Å². The van der Waals surface area contributed by atoms with E-state index in [1.807, 2.05) is 19.1 Å². The molecule has 1 aromatic rings. The molecule has 4 heteroatoms. The van der Waals surface area contributed by atoms with E-state index in [0.29, 0.717) is 4.90 Å². The zero-order valence-corrected chi connectivity index (χ0v) is 13.1. The minimum Gasteiger partial charge on any atom is -0.219 e. The number of benzene rings is 1. The maximum atomic E-state index is 12.0. The third-order valence-corrected chi connectivity index (χ3v) is 5.20. The molecule has 0 radical (unpaired) electrons. The average molecular weight is 364 g/mol. The van der Waals surface area contributed by atoms with Crippen molar-refractivity contribution >= 4 is 32.4 Å². The summed E-state index contributed by atoms with van der Waals surface area (Å²) >= 11 is 2.11. The van der Waals surface area contributed by atoms with Crippen molar-refractivity contribution in [2.75, 3.05) is 0 Å². The highest BCUT2D eigenvalue weighted by atomic mass is 127. The molecule has 0 aliphatic heterocycles. The molecule has 0 saturated heterocycles. The van der Waals surface area contributed by atoms with Gasteiger partial charge < -0.3 is 0 Å². The van der Waals surface area contributed by atoms with Gasteiger partial charge in [-0.15, -0.1) is 0 Å². The highest BCUT2D eigenvalue weighted by molar-refractivity contribution is 14.1. The second-order valence-electron chi connectivity index (χ2n) is 4.03. The van der Waals surface area contributed by atoms with Gasteiger partial charge >= 0.3 is 0 Å². The number of sulfone groups is 1. The van der Waals surface area contributed by atoms with Crippen LogP contribution in [0.3, 0.4) is 0 Å². The Labute approximate surface area is 117 Å². The summed E-state index contributed by atoms with van der Waals surface area (Å²) in [5.74, 6) is 0. The first-order valence-electron chi connectivity index (χ1n) is 5.63. The van der Waals surface area contributed by atoms with E-state index in [1.54, 1.807) is 12.1 Å². The van der Waals surface area contributed by atoms with Crippen LogP contribution in [0.25, 0.3) is 0 Å². The van der Waals surface area contributed by atoms with Crippen molar-refractivity contribution in [1.29, 1.82) is 0 Å². The normalized spacial score (nSPS) is 12.8. The lowest BCUT2D eigenvalue weighted by atomic mass is 10.2. The van der Waals surface area contributed by atoms with Gasteiger partial charge in [0.05, 0.1) is 4.90 Å². The molecule has 0 unspecified atom stereocenters. The van der Waals surface area contributed by atoms with Gasteiger partial charge in [0.2, 0.25) is 9.84 Å². The standard InChI is InChI=1S/C13H17IO2S/c1-3-4-5-12(14)10-17(15,16)13-8-6-11(2)7-9-13/h6-10H,3-5H2,1-2H3/b12-10+. The Bertz CT molecular complexity index is 487. The molecule has 0 aliphatic carbocycles. The van der Waals surface area contributed by atoms with Crippen LogP contribution in [0.2, 0.25) is 0 Å². The molecule has 94 valence electrons. The van der Waals surface area contributed by atoms with Crippen LogP contribution >= 0.6 is 22.6 Å². The van der Waals surface area contributed by atoms with Crippen LogP contribution in [-0.2, 0) is 9.84 Å². The first-order valence-corrected chi connectivity index (χ1v) is 8.26. The molecule has 0 aromatic heterocycles. The highest BCUT2D eigenvalue weighted by Gasteiger charge is 2.11. The van der Waals surface area contributed by atoms with Gasteiger partial charge in [-0.2, -0.15) is 0 Å². The molecular weight excluding hydrogens is 347 g/mol. The summed E-state index contributed by atoms with van der Waals surface area (Å²) in [4.78, 5) is 0.369. The van der Waals surface area contributed by atoms with E-state index in [9.17, 15) is 8.42 Å². The molecule has 0 N–H and O–H groups in total. The summed E-state index contributed by atoms with van der Waals surface area (Å²) in [6, 6.07) is 6.95. The summed E-state index contributed by atoms with van der Waals surface area (Å²) in [5, 5.41) is 1.38. The van der Waals surface area contributed by atoms with Gasteiger partial charge in [-0.05, 0) is 54.5 Å². The Morgan fingerprint density at radius 1 is 1.29 bits per heavy atom. The molecule has 0 saturated carbocycles. The van der Waals surface area contributed by atoms with Crippen molar-refractivity contribution in [1.82, 2.24) is 0 Å². The molecule has 0 atom stereocenters. The van der Waals surface area contributed by atoms with Crippen LogP contribution in [0.15, 0.2) is 38.1 Å². The van der Waals surface area contributed by atoms with Crippen molar-refractivity contribution < 1.29 is 8.42 Å². The van der Waals surface area contributed by atoms with Crippen molar-refractivity contribution in [3.05, 3.63) is 38.8 Å². The fourth-order valence-electron chi connectivity index (χ4n) is 1.37. The van der Waals surface area contributed by atoms with E-state index in [-0.39, 0.29) is 0 Å². The van der Waals surface area contributed by atoms with Gasteiger partial charge in [-0.3, -0.25) is 0 Å². The Balaban J connectivity index is 2.92. The first-order chi connectivity index (χ1) is 7.95. The van der Waals surface area contributed by atoms with E-state index in [4.69, 9.17) is 0 Å². The van der Waals surface area contributed by atoms with Crippen LogP contribution < -0.4 is 0 Å². The van der Waals surface area contributed by atoms with Gasteiger partial charge in [0.1, 0.15) is 0 Å². The second kappa shape index (κ2) is 6.54. The molecule has 0 heterocycles. The van der Waals surface area contributed by atoms with Gasteiger partial charge in [-0.25, -0.2) is 8.42 Å². The quantitative estimate of drug-likeness (QED) is 0.733. The highest BCUT2D eigenvalue weighted by Crippen LogP contribution is 2.21. The lowest BCUT2D eigenvalue weighted by Gasteiger charge is -2.02. The molecule has 0 amide bonds. The average Bonchev–Trinajstić information content (AvgIpc) is 2.26. The predicted octanol–water partition coefficient (Wildman–Crippen LogP) is 4.24. The Morgan fingerprint density at radius 2 is 1.88 bits per heavy atom. The van der Waals surface area contributed by atoms with Crippen molar-refractivity contribution in [3.63, 3.8) is 0 Å². The number of aryl methyl sites for hydroxylation is 1. The van der Waals surface area contributed by atoms with Gasteiger partial charge in [0.15, 0.2) is 0 Å². The van der Waals surface area contributed by atoms with E-state index in [2.05, 4.69) is 29.5 Å². The van der Waals surface area contributed by atoms with E-state index >= 15 is 0 Å². The second-order valence-corrected chi connectivity index (χ2v) is 7.21. The smallest absolute Gasteiger partial charge is 0.200 e. The molecule has 0 bridgehead atoms. The molecular formula is C13H17IO2S. The number of halogens is 1. The van der Waals surface area contributed by atoms with Crippen LogP contribution in [0.4, 0.5) is 0 Å². The summed E-state index contributed by atoms with van der Waals surface area (Å²) < 4.78 is 25.0. The Morgan fingerprint density at radius 3 is 2.41 bits per heavy atom. The summed E-state index contributed by atoms with van der Waals surface area (Å²) in [6.45, 7) is 4.04. The largest absolute Gasteiger partial charge is 0.219 e. The first kappa shape index (κ1) is 14.7. The third-order valence-electron chi connectivity index (χ3n) is 2.40. The number of rotatable bonds is 5. The van der Waals surface area contributed by atoms with Crippen LogP contribution in [0.1, 0.15) is 31.7 Å². The third kappa shape index (κ3) is 4.79. The molecule has 17 heavy (non-hydrogen) atoms. The Kier molecular flexibility index (Phi) is 5.66. The fourth-order valence-corrected chi connectivity index (χ4v) is 3.86. The summed E-state index contributed by atoms with van der Waals surface area (Å²) in [7, 11) is -3.28. The number of allylic oxidation sites excluding steroid dienone is 1. The summed E-state index contributed by atoms with van der Waals surface area (Å²) in [5.41, 5.74) is 1.06. The van der Waals surface area contributed by atoms with Crippen LogP contribution in [0, 0.1) is 6.92 Å². The number of hydrogen-bond acceptors (Lipinski definition) is 2. The van der Waals surface area contributed by atoms with E-state index < -0.39 is 9.84 Å². The minimum atomic E-state index is -3.28. The topological polar surface area (TPSA) is 34.1 Å². The lowest BCUT2D eigenvalue weighted by molar-refractivity contribution is 0.604. The van der Waals surface area contributed by atoms with Gasteiger partial charge in [0, 0.05) is 8.99 Å².